The first-order chi connectivity index (χ1) is 10.8. The molecule has 2 heteroatoms. The third-order valence-corrected chi connectivity index (χ3v) is 8.95. The Balaban J connectivity index is 1.61. The van der Waals surface area contributed by atoms with Crippen LogP contribution in [0.4, 0.5) is 0 Å². The summed E-state index contributed by atoms with van der Waals surface area (Å²) in [5.41, 5.74) is -0.344. The average Bonchev–Trinajstić information content (AvgIpc) is 2.84. The molecule has 4 rings (SSSR count). The summed E-state index contributed by atoms with van der Waals surface area (Å²) in [6.07, 6.45) is 15.3. The largest absolute Gasteiger partial charge is 0.393 e. The first-order valence-corrected chi connectivity index (χ1v) is 9.71. The molecule has 4 aliphatic carbocycles. The highest BCUT2D eigenvalue weighted by Gasteiger charge is 2.60. The maximum atomic E-state index is 10.6. The van der Waals surface area contributed by atoms with E-state index >= 15 is 0 Å². The molecular formula is C21H32O2. The number of fused-ring (bicyclic) bond motifs is 5. The van der Waals surface area contributed by atoms with Crippen molar-refractivity contribution in [2.24, 2.45) is 34.5 Å². The van der Waals surface area contributed by atoms with Crippen LogP contribution in [0, 0.1) is 46.8 Å². The predicted octanol–water partition coefficient (Wildman–Crippen LogP) is 3.75. The lowest BCUT2D eigenvalue weighted by Gasteiger charge is -2.61. The number of terminal acetylenes is 1. The van der Waals surface area contributed by atoms with E-state index in [1.165, 1.54) is 32.1 Å². The van der Waals surface area contributed by atoms with Crippen molar-refractivity contribution >= 4 is 0 Å². The Kier molecular flexibility index (Phi) is 3.47. The van der Waals surface area contributed by atoms with Gasteiger partial charge in [-0.1, -0.05) is 19.8 Å². The lowest BCUT2D eigenvalue weighted by atomic mass is 9.44. The van der Waals surface area contributed by atoms with E-state index in [2.05, 4.69) is 19.8 Å². The Morgan fingerprint density at radius 2 is 1.65 bits per heavy atom. The van der Waals surface area contributed by atoms with Crippen LogP contribution in [0.3, 0.4) is 0 Å². The Morgan fingerprint density at radius 1 is 0.913 bits per heavy atom. The highest BCUT2D eigenvalue weighted by atomic mass is 16.3. The van der Waals surface area contributed by atoms with Crippen molar-refractivity contribution in [2.75, 3.05) is 0 Å². The third-order valence-electron chi connectivity index (χ3n) is 8.95. The smallest absolute Gasteiger partial charge is 0.125 e. The maximum Gasteiger partial charge on any atom is 0.125 e. The van der Waals surface area contributed by atoms with Crippen molar-refractivity contribution in [1.29, 1.82) is 0 Å². The molecule has 23 heavy (non-hydrogen) atoms. The van der Waals surface area contributed by atoms with Crippen LogP contribution in [0.5, 0.6) is 0 Å². The van der Waals surface area contributed by atoms with E-state index in [9.17, 15) is 10.2 Å². The molecule has 0 saturated heterocycles. The fourth-order valence-electron chi connectivity index (χ4n) is 7.35. The molecule has 0 bridgehead atoms. The highest BCUT2D eigenvalue weighted by molar-refractivity contribution is 5.16. The van der Waals surface area contributed by atoms with Crippen LogP contribution < -0.4 is 0 Å². The van der Waals surface area contributed by atoms with Crippen molar-refractivity contribution in [3.8, 4) is 12.3 Å². The van der Waals surface area contributed by atoms with Crippen molar-refractivity contribution in [3.05, 3.63) is 0 Å². The molecule has 2 nitrogen and oxygen atoms in total. The fraction of sp³-hybridized carbons (Fsp3) is 0.905. The molecule has 0 spiro atoms. The summed E-state index contributed by atoms with van der Waals surface area (Å²) in [6, 6.07) is 0. The number of rotatable bonds is 0. The molecule has 4 aliphatic rings. The van der Waals surface area contributed by atoms with Crippen LogP contribution in [0.15, 0.2) is 0 Å². The SMILES string of the molecule is C#C[C@]1(O)CC[C@]2(C)[C@H](CC[C@H]3[C@H]4CC[C@H](O)[C@]4(C)CC[C@@H]32)C1. The van der Waals surface area contributed by atoms with Gasteiger partial charge in [-0.3, -0.25) is 0 Å². The summed E-state index contributed by atoms with van der Waals surface area (Å²) in [5.74, 6) is 5.51. The van der Waals surface area contributed by atoms with E-state index in [1.54, 1.807) is 0 Å². The Labute approximate surface area is 141 Å². The minimum Gasteiger partial charge on any atom is -0.393 e. The number of aliphatic hydroxyl groups is 2. The van der Waals surface area contributed by atoms with E-state index in [4.69, 9.17) is 6.42 Å². The monoisotopic (exact) mass is 316 g/mol. The van der Waals surface area contributed by atoms with Gasteiger partial charge in [-0.25, -0.2) is 0 Å². The van der Waals surface area contributed by atoms with Gasteiger partial charge >= 0.3 is 0 Å². The second-order valence-corrected chi connectivity index (χ2v) is 9.67. The summed E-state index contributed by atoms with van der Waals surface area (Å²) in [7, 11) is 0. The molecule has 0 aromatic carbocycles. The Morgan fingerprint density at radius 3 is 2.39 bits per heavy atom. The summed E-state index contributed by atoms with van der Waals surface area (Å²) in [4.78, 5) is 0. The average molecular weight is 316 g/mol. The zero-order valence-corrected chi connectivity index (χ0v) is 14.7. The molecule has 0 amide bonds. The molecule has 4 saturated carbocycles. The predicted molar refractivity (Wildman–Crippen MR) is 91.5 cm³/mol. The van der Waals surface area contributed by atoms with Crippen molar-refractivity contribution in [1.82, 2.24) is 0 Å². The minimum atomic E-state index is -0.857. The summed E-state index contributed by atoms with van der Waals surface area (Å²) >= 11 is 0. The molecule has 0 heterocycles. The van der Waals surface area contributed by atoms with Crippen molar-refractivity contribution in [3.63, 3.8) is 0 Å². The normalized spacial score (nSPS) is 58.7. The Hall–Kier alpha value is -0.520. The second-order valence-electron chi connectivity index (χ2n) is 9.67. The molecule has 0 aromatic heterocycles. The molecule has 0 radical (unpaired) electrons. The first kappa shape index (κ1) is 16.0. The maximum absolute atomic E-state index is 10.6. The molecule has 0 unspecified atom stereocenters. The van der Waals surface area contributed by atoms with Gasteiger partial charge < -0.3 is 10.2 Å². The quantitative estimate of drug-likeness (QED) is 0.668. The second kappa shape index (κ2) is 4.99. The van der Waals surface area contributed by atoms with Gasteiger partial charge in [0, 0.05) is 0 Å². The van der Waals surface area contributed by atoms with E-state index in [0.29, 0.717) is 17.3 Å². The van der Waals surface area contributed by atoms with Crippen LogP contribution >= 0.6 is 0 Å². The van der Waals surface area contributed by atoms with Gasteiger partial charge in [0.25, 0.3) is 0 Å². The van der Waals surface area contributed by atoms with Gasteiger partial charge in [-0.15, -0.1) is 6.42 Å². The topological polar surface area (TPSA) is 40.5 Å². The van der Waals surface area contributed by atoms with Gasteiger partial charge in [-0.05, 0) is 92.3 Å². The molecule has 2 N–H and O–H groups in total. The van der Waals surface area contributed by atoms with Crippen LogP contribution in [0.25, 0.3) is 0 Å². The Bertz CT molecular complexity index is 536. The van der Waals surface area contributed by atoms with Gasteiger partial charge in [0.05, 0.1) is 6.10 Å². The molecular weight excluding hydrogens is 284 g/mol. The summed E-state index contributed by atoms with van der Waals surface area (Å²) in [6.45, 7) is 4.83. The lowest BCUT2D eigenvalue weighted by molar-refractivity contribution is -0.143. The van der Waals surface area contributed by atoms with Crippen molar-refractivity contribution in [2.45, 2.75) is 83.3 Å². The van der Waals surface area contributed by atoms with Crippen LogP contribution in [-0.4, -0.2) is 21.9 Å². The van der Waals surface area contributed by atoms with Crippen LogP contribution in [0.2, 0.25) is 0 Å². The zero-order chi connectivity index (χ0) is 16.5. The van der Waals surface area contributed by atoms with Crippen molar-refractivity contribution < 1.29 is 10.2 Å². The summed E-state index contributed by atoms with van der Waals surface area (Å²) in [5, 5.41) is 21.1. The third kappa shape index (κ3) is 2.09. The van der Waals surface area contributed by atoms with Crippen LogP contribution in [-0.2, 0) is 0 Å². The lowest BCUT2D eigenvalue weighted by Crippen LogP contribution is -2.56. The van der Waals surface area contributed by atoms with E-state index < -0.39 is 5.60 Å². The van der Waals surface area contributed by atoms with E-state index in [0.717, 1.165) is 37.5 Å². The molecule has 128 valence electrons. The van der Waals surface area contributed by atoms with Gasteiger partial charge in [0.15, 0.2) is 0 Å². The standard InChI is InChI=1S/C21H32O2/c1-4-21(23)12-11-19(2)14(13-21)5-6-15-16-7-8-18(22)20(16,3)10-9-17(15)19/h1,14-18,22-23H,5-13H2,2-3H3/t14-,15+,16-,17+,18+,19-,20-,21+/m1/s1. The van der Waals surface area contributed by atoms with Crippen LogP contribution in [0.1, 0.15) is 71.6 Å². The van der Waals surface area contributed by atoms with Gasteiger partial charge in [0.1, 0.15) is 5.60 Å². The number of aliphatic hydroxyl groups excluding tert-OH is 1. The number of hydrogen-bond acceptors (Lipinski definition) is 2. The summed E-state index contributed by atoms with van der Waals surface area (Å²) < 4.78 is 0. The number of hydrogen-bond donors (Lipinski definition) is 2. The highest BCUT2D eigenvalue weighted by Crippen LogP contribution is 2.66. The van der Waals surface area contributed by atoms with E-state index in [1.807, 2.05) is 0 Å². The van der Waals surface area contributed by atoms with Gasteiger partial charge in [-0.2, -0.15) is 0 Å². The zero-order valence-electron chi connectivity index (χ0n) is 14.7. The molecule has 0 aromatic rings. The van der Waals surface area contributed by atoms with Gasteiger partial charge in [0.2, 0.25) is 0 Å². The fourth-order valence-corrected chi connectivity index (χ4v) is 7.35. The first-order valence-electron chi connectivity index (χ1n) is 9.71. The minimum absolute atomic E-state index is 0.0862. The molecule has 4 fully saturated rings. The molecule has 8 atom stereocenters. The molecule has 0 aliphatic heterocycles. The van der Waals surface area contributed by atoms with E-state index in [-0.39, 0.29) is 11.5 Å².